The standard InChI is InChI=1S/C9H11N3S.C8H6BrClO/c1-10-9-12-8(6-13-9)7-2-4-11-5-3-7;9-8-2-1-7(10)5-6(8)3-4-11/h2-4,6,11H,5H2,1H3,(H,10,12);1-2,4-5H,3H2. The van der Waals surface area contributed by atoms with Crippen LogP contribution in [0.5, 0.6) is 0 Å². The summed E-state index contributed by atoms with van der Waals surface area (Å²) in [5, 5.41) is 9.82. The van der Waals surface area contributed by atoms with Gasteiger partial charge in [-0.3, -0.25) is 0 Å². The number of aldehydes is 1. The van der Waals surface area contributed by atoms with E-state index in [1.807, 2.05) is 25.4 Å². The summed E-state index contributed by atoms with van der Waals surface area (Å²) in [5.41, 5.74) is 3.16. The Balaban J connectivity index is 0.000000177. The maximum Gasteiger partial charge on any atom is 0.182 e. The largest absolute Gasteiger partial charge is 0.387 e. The van der Waals surface area contributed by atoms with Gasteiger partial charge in [-0.2, -0.15) is 0 Å². The lowest BCUT2D eigenvalue weighted by Gasteiger charge is -2.04. The SMILES string of the molecule is CNc1nc(C2=CCNC=C2)cs1.O=CCc1cc(Cl)ccc1Br. The van der Waals surface area contributed by atoms with Crippen LogP contribution in [0.3, 0.4) is 0 Å². The zero-order valence-electron chi connectivity index (χ0n) is 13.1. The quantitative estimate of drug-likeness (QED) is 0.705. The Hall–Kier alpha value is -1.63. The van der Waals surface area contributed by atoms with E-state index in [-0.39, 0.29) is 0 Å². The first-order valence-electron chi connectivity index (χ1n) is 7.25. The molecule has 0 spiro atoms. The Kier molecular flexibility index (Phi) is 7.49. The van der Waals surface area contributed by atoms with Crippen LogP contribution in [-0.4, -0.2) is 24.9 Å². The Labute approximate surface area is 158 Å². The fraction of sp³-hybridized carbons (Fsp3) is 0.176. The van der Waals surface area contributed by atoms with Crippen LogP contribution in [0, 0.1) is 0 Å². The van der Waals surface area contributed by atoms with Crippen LogP contribution in [-0.2, 0) is 11.2 Å². The van der Waals surface area contributed by atoms with Crippen molar-refractivity contribution in [3.8, 4) is 0 Å². The number of thiazole rings is 1. The van der Waals surface area contributed by atoms with Crippen molar-refractivity contribution in [2.24, 2.45) is 0 Å². The van der Waals surface area contributed by atoms with Crippen LogP contribution in [0.1, 0.15) is 11.3 Å². The molecular weight excluding hydrogens is 410 g/mol. The summed E-state index contributed by atoms with van der Waals surface area (Å²) < 4.78 is 0.925. The maximum atomic E-state index is 10.2. The highest BCUT2D eigenvalue weighted by molar-refractivity contribution is 9.10. The summed E-state index contributed by atoms with van der Waals surface area (Å²) in [6.07, 6.45) is 7.39. The average Bonchev–Trinajstić information content (AvgIpc) is 3.09. The maximum absolute atomic E-state index is 10.2. The van der Waals surface area contributed by atoms with Gasteiger partial charge in [0.15, 0.2) is 5.13 Å². The van der Waals surface area contributed by atoms with E-state index >= 15 is 0 Å². The summed E-state index contributed by atoms with van der Waals surface area (Å²) in [7, 11) is 1.88. The molecule has 2 N–H and O–H groups in total. The zero-order valence-corrected chi connectivity index (χ0v) is 16.2. The van der Waals surface area contributed by atoms with Gasteiger partial charge in [0.05, 0.1) is 5.69 Å². The highest BCUT2D eigenvalue weighted by atomic mass is 79.9. The van der Waals surface area contributed by atoms with Gasteiger partial charge in [-0.05, 0) is 36.0 Å². The van der Waals surface area contributed by atoms with Gasteiger partial charge in [-0.15, -0.1) is 11.3 Å². The van der Waals surface area contributed by atoms with Crippen molar-refractivity contribution >= 4 is 55.9 Å². The molecule has 0 radical (unpaired) electrons. The lowest BCUT2D eigenvalue weighted by molar-refractivity contribution is -0.107. The summed E-state index contributed by atoms with van der Waals surface area (Å²) in [5.74, 6) is 0. The molecule has 1 aliphatic heterocycles. The third kappa shape index (κ3) is 5.47. The van der Waals surface area contributed by atoms with Gasteiger partial charge >= 0.3 is 0 Å². The predicted molar refractivity (Wildman–Crippen MR) is 106 cm³/mol. The van der Waals surface area contributed by atoms with Gasteiger partial charge in [0.25, 0.3) is 0 Å². The molecule has 0 aliphatic carbocycles. The first-order chi connectivity index (χ1) is 11.6. The lowest BCUT2D eigenvalue weighted by Crippen LogP contribution is -2.08. The number of allylic oxidation sites excluding steroid dienone is 2. The summed E-state index contributed by atoms with van der Waals surface area (Å²) >= 11 is 10.7. The molecule has 0 atom stereocenters. The van der Waals surface area contributed by atoms with Crippen LogP contribution in [0.25, 0.3) is 5.57 Å². The predicted octanol–water partition coefficient (Wildman–Crippen LogP) is 4.53. The second kappa shape index (κ2) is 9.61. The first-order valence-corrected chi connectivity index (χ1v) is 9.30. The molecule has 0 unspecified atom stereocenters. The fourth-order valence-corrected chi connectivity index (χ4v) is 3.24. The Bertz CT molecular complexity index is 758. The molecule has 4 nitrogen and oxygen atoms in total. The van der Waals surface area contributed by atoms with Gasteiger partial charge in [0.1, 0.15) is 6.29 Å². The number of carbonyl (C=O) groups excluding carboxylic acids is 1. The number of rotatable bonds is 4. The molecule has 1 aromatic carbocycles. The van der Waals surface area contributed by atoms with Crippen LogP contribution >= 0.6 is 38.9 Å². The topological polar surface area (TPSA) is 54.0 Å². The van der Waals surface area contributed by atoms with E-state index in [2.05, 4.69) is 43.0 Å². The molecule has 1 aromatic heterocycles. The van der Waals surface area contributed by atoms with Gasteiger partial charge < -0.3 is 15.4 Å². The van der Waals surface area contributed by atoms with Crippen molar-refractivity contribution in [2.45, 2.75) is 6.42 Å². The molecule has 0 amide bonds. The van der Waals surface area contributed by atoms with E-state index in [4.69, 9.17) is 11.6 Å². The number of carbonyl (C=O) groups is 1. The first kappa shape index (κ1) is 18.7. The molecule has 1 aliphatic rings. The van der Waals surface area contributed by atoms with Crippen molar-refractivity contribution in [1.82, 2.24) is 10.3 Å². The monoisotopic (exact) mass is 425 g/mol. The second-order valence-corrected chi connectivity index (χ2v) is 6.94. The number of hydrogen-bond donors (Lipinski definition) is 2. The van der Waals surface area contributed by atoms with E-state index in [0.717, 1.165) is 33.7 Å². The number of halogens is 2. The van der Waals surface area contributed by atoms with Crippen molar-refractivity contribution in [3.63, 3.8) is 0 Å². The lowest BCUT2D eigenvalue weighted by atomic mass is 10.1. The van der Waals surface area contributed by atoms with Crippen LogP contribution in [0.2, 0.25) is 5.02 Å². The van der Waals surface area contributed by atoms with Crippen molar-refractivity contribution in [3.05, 3.63) is 62.7 Å². The molecule has 7 heteroatoms. The minimum Gasteiger partial charge on any atom is -0.387 e. The number of anilines is 1. The van der Waals surface area contributed by atoms with E-state index in [9.17, 15) is 4.79 Å². The van der Waals surface area contributed by atoms with Crippen molar-refractivity contribution in [1.29, 1.82) is 0 Å². The molecule has 2 aromatic rings. The van der Waals surface area contributed by atoms with Gasteiger partial charge in [-0.1, -0.05) is 33.6 Å². The molecule has 126 valence electrons. The number of hydrogen-bond acceptors (Lipinski definition) is 5. The summed E-state index contributed by atoms with van der Waals surface area (Å²) in [6, 6.07) is 5.39. The normalized spacial score (nSPS) is 12.5. The molecule has 3 rings (SSSR count). The molecule has 0 fully saturated rings. The molecular formula is C17H17BrClN3OS. The number of nitrogens with one attached hydrogen (secondary N) is 2. The fourth-order valence-electron chi connectivity index (χ4n) is 1.95. The highest BCUT2D eigenvalue weighted by Gasteiger charge is 2.04. The van der Waals surface area contributed by atoms with E-state index < -0.39 is 0 Å². The molecule has 0 bridgehead atoms. The number of benzene rings is 1. The van der Waals surface area contributed by atoms with E-state index in [1.165, 1.54) is 5.57 Å². The van der Waals surface area contributed by atoms with Crippen LogP contribution in [0.4, 0.5) is 5.13 Å². The Morgan fingerprint density at radius 3 is 2.96 bits per heavy atom. The van der Waals surface area contributed by atoms with Gasteiger partial charge in [0, 0.05) is 40.5 Å². The third-order valence-corrected chi connectivity index (χ3v) is 5.01. The highest BCUT2D eigenvalue weighted by Crippen LogP contribution is 2.22. The van der Waals surface area contributed by atoms with E-state index in [0.29, 0.717) is 11.4 Å². The Morgan fingerprint density at radius 2 is 2.33 bits per heavy atom. The molecule has 0 saturated carbocycles. The Morgan fingerprint density at radius 1 is 1.50 bits per heavy atom. The number of nitrogens with zero attached hydrogens (tertiary/aromatic N) is 1. The number of dihydropyridines is 1. The molecule has 2 heterocycles. The average molecular weight is 427 g/mol. The minimum atomic E-state index is 0.404. The smallest absolute Gasteiger partial charge is 0.182 e. The van der Waals surface area contributed by atoms with E-state index in [1.54, 1.807) is 23.5 Å². The van der Waals surface area contributed by atoms with Crippen LogP contribution in [0.15, 0.2) is 46.4 Å². The third-order valence-electron chi connectivity index (χ3n) is 3.15. The molecule has 0 saturated heterocycles. The molecule has 24 heavy (non-hydrogen) atoms. The zero-order chi connectivity index (χ0) is 17.4. The second-order valence-electron chi connectivity index (χ2n) is 4.80. The summed E-state index contributed by atoms with van der Waals surface area (Å²) in [6.45, 7) is 0.887. The van der Waals surface area contributed by atoms with Crippen molar-refractivity contribution in [2.75, 3.05) is 18.9 Å². The van der Waals surface area contributed by atoms with Crippen LogP contribution < -0.4 is 10.6 Å². The number of aromatic nitrogens is 1. The summed E-state index contributed by atoms with van der Waals surface area (Å²) in [4.78, 5) is 14.6. The van der Waals surface area contributed by atoms with Crippen molar-refractivity contribution < 1.29 is 4.79 Å². The minimum absolute atomic E-state index is 0.404. The van der Waals surface area contributed by atoms with Gasteiger partial charge in [0.2, 0.25) is 0 Å². The van der Waals surface area contributed by atoms with Gasteiger partial charge in [-0.25, -0.2) is 4.98 Å².